The van der Waals surface area contributed by atoms with Crippen LogP contribution < -0.4 is 14.7 Å². The topological polar surface area (TPSA) is 9.72 Å². The molecule has 0 aliphatic carbocycles. The smallest absolute Gasteiger partial charge is 0.0540 e. The quantitative estimate of drug-likeness (QED) is 0.151. The molecular formula is C66H49N3. The second kappa shape index (κ2) is 16.1. The van der Waals surface area contributed by atoms with Gasteiger partial charge in [-0.05, 0) is 141 Å². The Morgan fingerprint density at radius 3 is 1.57 bits per heavy atom. The van der Waals surface area contributed by atoms with Crippen molar-refractivity contribution in [3.8, 4) is 44.5 Å². The van der Waals surface area contributed by atoms with Crippen LogP contribution >= 0.6 is 0 Å². The van der Waals surface area contributed by atoms with Crippen molar-refractivity contribution in [3.05, 3.63) is 270 Å². The molecule has 3 unspecified atom stereocenters. The molecule has 3 atom stereocenters. The van der Waals surface area contributed by atoms with E-state index in [4.69, 9.17) is 0 Å². The zero-order valence-electron chi connectivity index (χ0n) is 38.3. The van der Waals surface area contributed by atoms with Gasteiger partial charge in [0.25, 0.3) is 0 Å². The van der Waals surface area contributed by atoms with E-state index in [2.05, 4.69) is 257 Å². The van der Waals surface area contributed by atoms with Crippen molar-refractivity contribution in [2.45, 2.75) is 37.3 Å². The van der Waals surface area contributed by atoms with E-state index in [1.54, 1.807) is 0 Å². The fourth-order valence-corrected chi connectivity index (χ4v) is 12.3. The monoisotopic (exact) mass is 883 g/mol. The minimum absolute atomic E-state index is 0.196. The Kier molecular flexibility index (Phi) is 9.30. The Morgan fingerprint density at radius 1 is 0.348 bits per heavy atom. The summed E-state index contributed by atoms with van der Waals surface area (Å²) in [6.45, 7) is 0. The average molecular weight is 884 g/mol. The van der Waals surface area contributed by atoms with E-state index in [9.17, 15) is 0 Å². The average Bonchev–Trinajstić information content (AvgIpc) is 4.17. The lowest BCUT2D eigenvalue weighted by Gasteiger charge is -2.28. The third-order valence-electron chi connectivity index (χ3n) is 15.4. The van der Waals surface area contributed by atoms with Gasteiger partial charge in [0.05, 0.1) is 5.69 Å². The summed E-state index contributed by atoms with van der Waals surface area (Å²) in [7, 11) is 0. The highest BCUT2D eigenvalue weighted by molar-refractivity contribution is 5.91. The minimum Gasteiger partial charge on any atom is -0.337 e. The summed E-state index contributed by atoms with van der Waals surface area (Å²) in [6.07, 6.45) is 3.10. The van der Waals surface area contributed by atoms with E-state index in [1.807, 2.05) is 0 Å². The van der Waals surface area contributed by atoms with Crippen molar-refractivity contribution >= 4 is 39.8 Å². The van der Waals surface area contributed by atoms with Crippen LogP contribution in [0.25, 0.3) is 44.5 Å². The van der Waals surface area contributed by atoms with E-state index in [-0.39, 0.29) is 12.0 Å². The number of nitrogens with zero attached hydrogens (tertiary/aromatic N) is 3. The molecule has 10 aromatic carbocycles. The molecule has 0 saturated carbocycles. The molecular weight excluding hydrogens is 835 g/mol. The molecule has 4 heterocycles. The zero-order chi connectivity index (χ0) is 45.4. The SMILES string of the molecule is c1ccc(-c2ccc(N(c3ccc(-c4cc(C5c6ccc(-c7ccccc7)cc6N6c7ccccc7CC56)cc5c4CC4Cc6ccccc6N54)cc3)c3ccccc3-c3ccccc3)cc2)cc1. The molecule has 0 radical (unpaired) electrons. The van der Waals surface area contributed by atoms with Crippen LogP contribution in [0.3, 0.4) is 0 Å². The highest BCUT2D eigenvalue weighted by Gasteiger charge is 2.46. The molecule has 328 valence electrons. The van der Waals surface area contributed by atoms with Crippen molar-refractivity contribution < 1.29 is 0 Å². The van der Waals surface area contributed by atoms with Crippen molar-refractivity contribution in [2.75, 3.05) is 14.7 Å². The second-order valence-electron chi connectivity index (χ2n) is 19.2. The molecule has 0 bridgehead atoms. The number of hydrogen-bond acceptors (Lipinski definition) is 3. The number of para-hydroxylation sites is 3. The van der Waals surface area contributed by atoms with Crippen LogP contribution in [0, 0.1) is 0 Å². The number of benzene rings is 10. The van der Waals surface area contributed by atoms with Crippen molar-refractivity contribution in [2.24, 2.45) is 0 Å². The first-order valence-electron chi connectivity index (χ1n) is 24.5. The molecule has 69 heavy (non-hydrogen) atoms. The zero-order valence-corrected chi connectivity index (χ0v) is 38.3. The lowest BCUT2D eigenvalue weighted by Crippen LogP contribution is -2.27. The molecule has 4 aliphatic heterocycles. The van der Waals surface area contributed by atoms with Crippen LogP contribution in [-0.2, 0) is 19.3 Å². The van der Waals surface area contributed by atoms with E-state index in [1.165, 1.54) is 95.1 Å². The summed E-state index contributed by atoms with van der Waals surface area (Å²) in [5.41, 5.74) is 25.9. The Balaban J connectivity index is 0.918. The maximum Gasteiger partial charge on any atom is 0.0540 e. The van der Waals surface area contributed by atoms with Gasteiger partial charge in [-0.2, -0.15) is 0 Å². The van der Waals surface area contributed by atoms with E-state index >= 15 is 0 Å². The molecule has 0 amide bonds. The minimum atomic E-state index is 0.196. The maximum absolute atomic E-state index is 2.68. The molecule has 0 N–H and O–H groups in total. The summed E-state index contributed by atoms with van der Waals surface area (Å²) in [6, 6.07) is 90.9. The van der Waals surface area contributed by atoms with E-state index in [0.717, 1.165) is 36.3 Å². The lowest BCUT2D eigenvalue weighted by atomic mass is 9.82. The lowest BCUT2D eigenvalue weighted by molar-refractivity contribution is 0.646. The van der Waals surface area contributed by atoms with Gasteiger partial charge in [0, 0.05) is 57.7 Å². The standard InChI is InChI=1S/C66H49N3/c1-4-16-44(17-5-1)46-28-33-53(34-29-46)67(62-27-15-12-24-56(62)47-20-8-3-9-21-47)54-35-30-48(31-36-54)58-39-52(42-64-59(58)43-55-38-50-22-10-13-25-60(50)68(55)64)66-57-37-32-49(45-18-6-2-7-19-45)40-63(57)69-61-26-14-11-23-51(61)41-65(66)69/h1-37,39-40,42,55,65-66H,38,41,43H2. The van der Waals surface area contributed by atoms with Crippen LogP contribution in [0.1, 0.15) is 33.7 Å². The number of fused-ring (bicyclic) bond motifs is 10. The molecule has 0 fully saturated rings. The highest BCUT2D eigenvalue weighted by Crippen LogP contribution is 2.57. The van der Waals surface area contributed by atoms with Gasteiger partial charge in [-0.3, -0.25) is 0 Å². The van der Waals surface area contributed by atoms with Crippen LogP contribution in [0.15, 0.2) is 243 Å². The summed E-state index contributed by atoms with van der Waals surface area (Å²) >= 11 is 0. The molecule has 14 rings (SSSR count). The third-order valence-corrected chi connectivity index (χ3v) is 15.4. The Bertz CT molecular complexity index is 3550. The third kappa shape index (κ3) is 6.56. The Hall–Kier alpha value is -8.40. The normalized spacial score (nSPS) is 16.9. The van der Waals surface area contributed by atoms with Crippen molar-refractivity contribution in [1.29, 1.82) is 0 Å². The summed E-state index contributed by atoms with van der Waals surface area (Å²) < 4.78 is 0. The van der Waals surface area contributed by atoms with Gasteiger partial charge in [0.15, 0.2) is 0 Å². The molecule has 3 heteroatoms. The second-order valence-corrected chi connectivity index (χ2v) is 19.2. The van der Waals surface area contributed by atoms with Gasteiger partial charge in [0.2, 0.25) is 0 Å². The maximum atomic E-state index is 2.68. The van der Waals surface area contributed by atoms with Crippen molar-refractivity contribution in [1.82, 2.24) is 0 Å². The number of anilines is 7. The van der Waals surface area contributed by atoms with Gasteiger partial charge in [-0.15, -0.1) is 0 Å². The molecule has 0 saturated heterocycles. The number of rotatable bonds is 8. The van der Waals surface area contributed by atoms with Crippen molar-refractivity contribution in [3.63, 3.8) is 0 Å². The Morgan fingerprint density at radius 2 is 0.870 bits per heavy atom. The predicted octanol–water partition coefficient (Wildman–Crippen LogP) is 16.7. The van der Waals surface area contributed by atoms with Gasteiger partial charge >= 0.3 is 0 Å². The van der Waals surface area contributed by atoms with Crippen LogP contribution in [-0.4, -0.2) is 12.1 Å². The molecule has 0 spiro atoms. The van der Waals surface area contributed by atoms with Crippen LogP contribution in [0.2, 0.25) is 0 Å². The van der Waals surface area contributed by atoms with Gasteiger partial charge in [-0.1, -0.05) is 188 Å². The summed E-state index contributed by atoms with van der Waals surface area (Å²) in [5.74, 6) is 0.196. The molecule has 3 nitrogen and oxygen atoms in total. The highest BCUT2D eigenvalue weighted by atomic mass is 15.2. The van der Waals surface area contributed by atoms with E-state index < -0.39 is 0 Å². The van der Waals surface area contributed by atoms with Crippen LogP contribution in [0.4, 0.5) is 39.8 Å². The van der Waals surface area contributed by atoms with E-state index in [0.29, 0.717) is 6.04 Å². The molecule has 0 aromatic heterocycles. The van der Waals surface area contributed by atoms with Gasteiger partial charge < -0.3 is 14.7 Å². The first-order valence-corrected chi connectivity index (χ1v) is 24.5. The first kappa shape index (κ1) is 39.7. The fourth-order valence-electron chi connectivity index (χ4n) is 12.3. The molecule has 4 aliphatic rings. The predicted molar refractivity (Wildman–Crippen MR) is 287 cm³/mol. The Labute approximate surface area is 404 Å². The summed E-state index contributed by atoms with van der Waals surface area (Å²) in [5, 5.41) is 0. The van der Waals surface area contributed by atoms with Gasteiger partial charge in [0.1, 0.15) is 0 Å². The van der Waals surface area contributed by atoms with Crippen LogP contribution in [0.5, 0.6) is 0 Å². The fraction of sp³-hybridized carbons (Fsp3) is 0.0909. The largest absolute Gasteiger partial charge is 0.337 e. The summed E-state index contributed by atoms with van der Waals surface area (Å²) in [4.78, 5) is 7.79. The van der Waals surface area contributed by atoms with Gasteiger partial charge in [-0.25, -0.2) is 0 Å². The first-order chi connectivity index (χ1) is 34.2. The number of hydrogen-bond donors (Lipinski definition) is 0. The molecule has 10 aromatic rings.